The zero-order valence-electron chi connectivity index (χ0n) is 8.00. The summed E-state index contributed by atoms with van der Waals surface area (Å²) in [7, 11) is 0. The van der Waals surface area contributed by atoms with Crippen LogP contribution in [0.25, 0.3) is 0 Å². The SMILES string of the molecule is Fc1ccc(CCc2ncc[nH]2)c(Br)c1. The van der Waals surface area contributed by atoms with Gasteiger partial charge in [0.05, 0.1) is 0 Å². The molecule has 1 N–H and O–H groups in total. The molecule has 0 aliphatic heterocycles. The number of H-pyrrole nitrogens is 1. The van der Waals surface area contributed by atoms with E-state index in [4.69, 9.17) is 0 Å². The van der Waals surface area contributed by atoms with Gasteiger partial charge in [-0.15, -0.1) is 0 Å². The first kappa shape index (κ1) is 10.4. The predicted molar refractivity (Wildman–Crippen MR) is 60.1 cm³/mol. The molecular weight excluding hydrogens is 259 g/mol. The molecule has 1 aromatic carbocycles. The second kappa shape index (κ2) is 4.57. The van der Waals surface area contributed by atoms with Crippen LogP contribution in [-0.2, 0) is 12.8 Å². The summed E-state index contributed by atoms with van der Waals surface area (Å²) in [5.74, 6) is 0.731. The third kappa shape index (κ3) is 2.65. The maximum absolute atomic E-state index is 12.8. The molecule has 2 rings (SSSR count). The number of aryl methyl sites for hydroxylation is 2. The number of halogens is 2. The molecule has 1 heterocycles. The lowest BCUT2D eigenvalue weighted by atomic mass is 10.1. The third-order valence-electron chi connectivity index (χ3n) is 2.20. The molecule has 0 atom stereocenters. The molecule has 0 saturated heterocycles. The summed E-state index contributed by atoms with van der Waals surface area (Å²) >= 11 is 3.34. The third-order valence-corrected chi connectivity index (χ3v) is 2.94. The molecule has 0 fully saturated rings. The topological polar surface area (TPSA) is 28.7 Å². The Morgan fingerprint density at radius 2 is 2.20 bits per heavy atom. The van der Waals surface area contributed by atoms with E-state index in [0.29, 0.717) is 0 Å². The van der Waals surface area contributed by atoms with Crippen molar-refractivity contribution in [3.8, 4) is 0 Å². The van der Waals surface area contributed by atoms with E-state index in [-0.39, 0.29) is 5.82 Å². The van der Waals surface area contributed by atoms with Crippen LogP contribution in [0.4, 0.5) is 4.39 Å². The number of rotatable bonds is 3. The minimum atomic E-state index is -0.219. The van der Waals surface area contributed by atoms with Crippen LogP contribution in [0.5, 0.6) is 0 Å². The van der Waals surface area contributed by atoms with Crippen LogP contribution in [0.1, 0.15) is 11.4 Å². The first-order chi connectivity index (χ1) is 7.25. The summed E-state index contributed by atoms with van der Waals surface area (Å²) in [6.07, 6.45) is 5.20. The molecule has 0 amide bonds. The second-order valence-electron chi connectivity index (χ2n) is 3.27. The van der Waals surface area contributed by atoms with Gasteiger partial charge in [0.15, 0.2) is 0 Å². The van der Waals surface area contributed by atoms with E-state index in [2.05, 4.69) is 25.9 Å². The van der Waals surface area contributed by atoms with Crippen LogP contribution in [-0.4, -0.2) is 9.97 Å². The normalized spacial score (nSPS) is 10.5. The molecule has 2 nitrogen and oxygen atoms in total. The zero-order valence-corrected chi connectivity index (χ0v) is 9.59. The molecule has 0 unspecified atom stereocenters. The van der Waals surface area contributed by atoms with E-state index < -0.39 is 0 Å². The Labute approximate surface area is 95.7 Å². The lowest BCUT2D eigenvalue weighted by molar-refractivity contribution is 0.625. The Morgan fingerprint density at radius 1 is 1.33 bits per heavy atom. The van der Waals surface area contributed by atoms with Gasteiger partial charge in [0.25, 0.3) is 0 Å². The number of aromatic amines is 1. The van der Waals surface area contributed by atoms with Gasteiger partial charge in [0.2, 0.25) is 0 Å². The van der Waals surface area contributed by atoms with Gasteiger partial charge in [-0.2, -0.15) is 0 Å². The van der Waals surface area contributed by atoms with Gasteiger partial charge in [0, 0.05) is 23.3 Å². The van der Waals surface area contributed by atoms with Crippen LogP contribution < -0.4 is 0 Å². The number of hydrogen-bond acceptors (Lipinski definition) is 1. The fourth-order valence-electron chi connectivity index (χ4n) is 1.41. The highest BCUT2D eigenvalue weighted by Gasteiger charge is 2.02. The van der Waals surface area contributed by atoms with E-state index in [1.165, 1.54) is 12.1 Å². The van der Waals surface area contributed by atoms with E-state index in [1.54, 1.807) is 18.5 Å². The van der Waals surface area contributed by atoms with Crippen molar-refractivity contribution in [1.29, 1.82) is 0 Å². The molecule has 15 heavy (non-hydrogen) atoms. The van der Waals surface area contributed by atoms with E-state index in [9.17, 15) is 4.39 Å². The van der Waals surface area contributed by atoms with Crippen molar-refractivity contribution >= 4 is 15.9 Å². The quantitative estimate of drug-likeness (QED) is 0.911. The van der Waals surface area contributed by atoms with Crippen molar-refractivity contribution < 1.29 is 4.39 Å². The molecule has 0 aliphatic carbocycles. The second-order valence-corrected chi connectivity index (χ2v) is 4.13. The largest absolute Gasteiger partial charge is 0.349 e. The van der Waals surface area contributed by atoms with E-state index in [1.807, 2.05) is 0 Å². The first-order valence-corrected chi connectivity index (χ1v) is 5.47. The molecule has 0 aliphatic rings. The summed E-state index contributed by atoms with van der Waals surface area (Å²) in [6.45, 7) is 0. The van der Waals surface area contributed by atoms with Gasteiger partial charge >= 0.3 is 0 Å². The van der Waals surface area contributed by atoms with Gasteiger partial charge in [-0.3, -0.25) is 0 Å². The van der Waals surface area contributed by atoms with Crippen molar-refractivity contribution in [3.05, 3.63) is 52.3 Å². The number of hydrogen-bond donors (Lipinski definition) is 1. The molecule has 0 saturated carbocycles. The fourth-order valence-corrected chi connectivity index (χ4v) is 1.96. The van der Waals surface area contributed by atoms with Crippen molar-refractivity contribution in [2.45, 2.75) is 12.8 Å². The summed E-state index contributed by atoms with van der Waals surface area (Å²) in [5.41, 5.74) is 1.09. The van der Waals surface area contributed by atoms with Crippen LogP contribution in [0, 0.1) is 5.82 Å². The molecule has 0 spiro atoms. The summed E-state index contributed by atoms with van der Waals surface area (Å²) in [6, 6.07) is 4.75. The standard InChI is InChI=1S/C11H10BrFN2/c12-10-7-9(13)3-1-8(10)2-4-11-14-5-6-15-11/h1,3,5-7H,2,4H2,(H,14,15). The number of nitrogens with zero attached hydrogens (tertiary/aromatic N) is 1. The van der Waals surface area contributed by atoms with Crippen LogP contribution in [0.3, 0.4) is 0 Å². The lowest BCUT2D eigenvalue weighted by Gasteiger charge is -2.02. The van der Waals surface area contributed by atoms with Gasteiger partial charge in [0.1, 0.15) is 11.6 Å². The highest BCUT2D eigenvalue weighted by Crippen LogP contribution is 2.19. The number of imidazole rings is 1. The lowest BCUT2D eigenvalue weighted by Crippen LogP contribution is -1.94. The summed E-state index contributed by atoms with van der Waals surface area (Å²) in [5, 5.41) is 0. The Balaban J connectivity index is 2.05. The Hall–Kier alpha value is -1.16. The van der Waals surface area contributed by atoms with Gasteiger partial charge in [-0.1, -0.05) is 22.0 Å². The van der Waals surface area contributed by atoms with E-state index >= 15 is 0 Å². The molecule has 4 heteroatoms. The molecule has 0 bridgehead atoms. The molecule has 0 radical (unpaired) electrons. The smallest absolute Gasteiger partial charge is 0.124 e. The minimum Gasteiger partial charge on any atom is -0.349 e. The molecule has 2 aromatic rings. The summed E-state index contributed by atoms with van der Waals surface area (Å²) in [4.78, 5) is 7.17. The minimum absolute atomic E-state index is 0.219. The van der Waals surface area contributed by atoms with E-state index in [0.717, 1.165) is 28.7 Å². The maximum atomic E-state index is 12.8. The van der Waals surface area contributed by atoms with Crippen LogP contribution in [0.15, 0.2) is 35.1 Å². The number of aromatic nitrogens is 2. The average molecular weight is 269 g/mol. The van der Waals surface area contributed by atoms with Gasteiger partial charge in [-0.05, 0) is 24.1 Å². The number of nitrogens with one attached hydrogen (secondary N) is 1. The van der Waals surface area contributed by atoms with Gasteiger partial charge < -0.3 is 4.98 Å². The van der Waals surface area contributed by atoms with Crippen molar-refractivity contribution in [2.75, 3.05) is 0 Å². The molecule has 1 aromatic heterocycles. The van der Waals surface area contributed by atoms with Crippen LogP contribution in [0.2, 0.25) is 0 Å². The van der Waals surface area contributed by atoms with Gasteiger partial charge in [-0.25, -0.2) is 9.37 Å². The first-order valence-electron chi connectivity index (χ1n) is 4.68. The molecule has 78 valence electrons. The predicted octanol–water partition coefficient (Wildman–Crippen LogP) is 3.10. The van der Waals surface area contributed by atoms with Crippen molar-refractivity contribution in [3.63, 3.8) is 0 Å². The Morgan fingerprint density at radius 3 is 2.87 bits per heavy atom. The number of benzene rings is 1. The highest BCUT2D eigenvalue weighted by atomic mass is 79.9. The zero-order chi connectivity index (χ0) is 10.7. The Kier molecular flexibility index (Phi) is 3.16. The molecular formula is C11H10BrFN2. The monoisotopic (exact) mass is 268 g/mol. The van der Waals surface area contributed by atoms with Crippen LogP contribution >= 0.6 is 15.9 Å². The maximum Gasteiger partial charge on any atom is 0.124 e. The van der Waals surface area contributed by atoms with Crippen molar-refractivity contribution in [1.82, 2.24) is 9.97 Å². The average Bonchev–Trinajstić information content (AvgIpc) is 2.69. The highest BCUT2D eigenvalue weighted by molar-refractivity contribution is 9.10. The fraction of sp³-hybridized carbons (Fsp3) is 0.182. The van der Waals surface area contributed by atoms with Crippen molar-refractivity contribution in [2.24, 2.45) is 0 Å². The Bertz CT molecular complexity index is 440. The summed E-state index contributed by atoms with van der Waals surface area (Å²) < 4.78 is 13.6.